The normalized spacial score (nSPS) is 16.1. The maximum Gasteiger partial charge on any atom is 0.337 e. The van der Waals surface area contributed by atoms with Gasteiger partial charge in [0.1, 0.15) is 6.61 Å². The molecule has 2 rings (SSSR count). The standard InChI is InChI=1S/C14H18N2O4/c1-14(8-15-9-14)20-7-12(17)16-11-5-3-10(4-6-11)13(18)19-2/h3-6,15H,7-9H2,1-2H3,(H,16,17). The quantitative estimate of drug-likeness (QED) is 0.779. The van der Waals surface area contributed by atoms with Gasteiger partial charge in [0.2, 0.25) is 5.91 Å². The van der Waals surface area contributed by atoms with Crippen LogP contribution in [0.25, 0.3) is 0 Å². The highest BCUT2D eigenvalue weighted by molar-refractivity contribution is 5.93. The first-order valence-corrected chi connectivity index (χ1v) is 6.35. The third-order valence-electron chi connectivity index (χ3n) is 3.14. The van der Waals surface area contributed by atoms with E-state index in [0.29, 0.717) is 11.3 Å². The number of ether oxygens (including phenoxy) is 2. The largest absolute Gasteiger partial charge is 0.465 e. The van der Waals surface area contributed by atoms with Gasteiger partial charge in [-0.1, -0.05) is 0 Å². The van der Waals surface area contributed by atoms with E-state index in [-0.39, 0.29) is 18.1 Å². The molecule has 1 aromatic carbocycles. The van der Waals surface area contributed by atoms with Gasteiger partial charge in [0.25, 0.3) is 0 Å². The molecule has 0 aromatic heterocycles. The molecule has 0 atom stereocenters. The molecule has 1 heterocycles. The number of rotatable bonds is 5. The predicted octanol–water partition coefficient (Wildman–Crippen LogP) is 0.790. The maximum absolute atomic E-state index is 11.7. The Kier molecular flexibility index (Phi) is 4.36. The lowest BCUT2D eigenvalue weighted by Crippen LogP contribution is -2.59. The van der Waals surface area contributed by atoms with Crippen molar-refractivity contribution in [1.82, 2.24) is 5.32 Å². The van der Waals surface area contributed by atoms with Crippen molar-refractivity contribution in [2.75, 3.05) is 32.1 Å². The van der Waals surface area contributed by atoms with Crippen LogP contribution in [0.5, 0.6) is 0 Å². The van der Waals surface area contributed by atoms with E-state index in [2.05, 4.69) is 15.4 Å². The molecule has 20 heavy (non-hydrogen) atoms. The van der Waals surface area contributed by atoms with E-state index < -0.39 is 5.97 Å². The second kappa shape index (κ2) is 6.02. The van der Waals surface area contributed by atoms with Crippen LogP contribution in [-0.2, 0) is 14.3 Å². The Morgan fingerprint density at radius 1 is 1.30 bits per heavy atom. The molecule has 6 nitrogen and oxygen atoms in total. The van der Waals surface area contributed by atoms with Crippen molar-refractivity contribution in [3.63, 3.8) is 0 Å². The number of carbonyl (C=O) groups excluding carboxylic acids is 2. The Labute approximate surface area is 117 Å². The minimum absolute atomic E-state index is 0.0108. The smallest absolute Gasteiger partial charge is 0.337 e. The summed E-state index contributed by atoms with van der Waals surface area (Å²) in [6.07, 6.45) is 0. The summed E-state index contributed by atoms with van der Waals surface area (Å²) in [5.74, 6) is -0.624. The molecule has 1 fully saturated rings. The molecule has 0 spiro atoms. The van der Waals surface area contributed by atoms with Crippen LogP contribution in [0.15, 0.2) is 24.3 Å². The number of anilines is 1. The first kappa shape index (κ1) is 14.5. The Balaban J connectivity index is 1.83. The van der Waals surface area contributed by atoms with E-state index in [1.807, 2.05) is 6.92 Å². The highest BCUT2D eigenvalue weighted by Gasteiger charge is 2.32. The van der Waals surface area contributed by atoms with Gasteiger partial charge in [-0.15, -0.1) is 0 Å². The fraction of sp³-hybridized carbons (Fsp3) is 0.429. The van der Waals surface area contributed by atoms with E-state index in [1.165, 1.54) is 7.11 Å². The third-order valence-corrected chi connectivity index (χ3v) is 3.14. The van der Waals surface area contributed by atoms with Gasteiger partial charge in [-0.05, 0) is 31.2 Å². The van der Waals surface area contributed by atoms with Gasteiger partial charge in [-0.3, -0.25) is 4.79 Å². The van der Waals surface area contributed by atoms with Crippen LogP contribution >= 0.6 is 0 Å². The van der Waals surface area contributed by atoms with Gasteiger partial charge in [0.15, 0.2) is 0 Å². The van der Waals surface area contributed by atoms with Crippen LogP contribution in [-0.4, -0.2) is 44.3 Å². The van der Waals surface area contributed by atoms with Crippen molar-refractivity contribution >= 4 is 17.6 Å². The number of benzene rings is 1. The van der Waals surface area contributed by atoms with Gasteiger partial charge in [0.05, 0.1) is 18.3 Å². The highest BCUT2D eigenvalue weighted by Crippen LogP contribution is 2.15. The molecule has 108 valence electrons. The topological polar surface area (TPSA) is 76.7 Å². The van der Waals surface area contributed by atoms with Crippen molar-refractivity contribution < 1.29 is 19.1 Å². The first-order chi connectivity index (χ1) is 9.52. The minimum Gasteiger partial charge on any atom is -0.465 e. The van der Waals surface area contributed by atoms with Crippen LogP contribution in [0.3, 0.4) is 0 Å². The molecule has 6 heteroatoms. The summed E-state index contributed by atoms with van der Waals surface area (Å²) < 4.78 is 10.1. The minimum atomic E-state index is -0.406. The second-order valence-electron chi connectivity index (χ2n) is 4.96. The van der Waals surface area contributed by atoms with Crippen molar-refractivity contribution in [1.29, 1.82) is 0 Å². The number of nitrogens with one attached hydrogen (secondary N) is 2. The van der Waals surface area contributed by atoms with E-state index in [9.17, 15) is 9.59 Å². The van der Waals surface area contributed by atoms with E-state index in [0.717, 1.165) is 13.1 Å². The molecule has 0 unspecified atom stereocenters. The van der Waals surface area contributed by atoms with Gasteiger partial charge in [-0.25, -0.2) is 4.79 Å². The number of hydrogen-bond donors (Lipinski definition) is 2. The Morgan fingerprint density at radius 3 is 2.45 bits per heavy atom. The number of carbonyl (C=O) groups is 2. The average Bonchev–Trinajstić information content (AvgIpc) is 2.43. The van der Waals surface area contributed by atoms with E-state index in [1.54, 1.807) is 24.3 Å². The van der Waals surface area contributed by atoms with Crippen molar-refractivity contribution in [3.8, 4) is 0 Å². The molecule has 1 saturated heterocycles. The Hall–Kier alpha value is -1.92. The lowest BCUT2D eigenvalue weighted by Gasteiger charge is -2.38. The Bertz CT molecular complexity index is 494. The molecule has 1 amide bonds. The van der Waals surface area contributed by atoms with Crippen LogP contribution in [0, 0.1) is 0 Å². The molecule has 0 aliphatic carbocycles. The summed E-state index contributed by atoms with van der Waals surface area (Å²) in [7, 11) is 1.32. The first-order valence-electron chi connectivity index (χ1n) is 6.35. The van der Waals surface area contributed by atoms with Gasteiger partial charge >= 0.3 is 5.97 Å². The summed E-state index contributed by atoms with van der Waals surface area (Å²) in [5.41, 5.74) is 0.810. The fourth-order valence-corrected chi connectivity index (χ4v) is 1.82. The summed E-state index contributed by atoms with van der Waals surface area (Å²) in [6.45, 7) is 3.49. The number of amides is 1. The maximum atomic E-state index is 11.7. The zero-order valence-corrected chi connectivity index (χ0v) is 11.6. The van der Waals surface area contributed by atoms with Crippen LogP contribution in [0.2, 0.25) is 0 Å². The van der Waals surface area contributed by atoms with E-state index in [4.69, 9.17) is 4.74 Å². The van der Waals surface area contributed by atoms with Gasteiger partial charge in [-0.2, -0.15) is 0 Å². The number of methoxy groups -OCH3 is 1. The molecule has 0 bridgehead atoms. The summed E-state index contributed by atoms with van der Waals surface area (Å²) in [6, 6.07) is 6.49. The second-order valence-corrected chi connectivity index (χ2v) is 4.96. The van der Waals surface area contributed by atoms with E-state index >= 15 is 0 Å². The molecule has 1 aliphatic heterocycles. The molecule has 0 radical (unpaired) electrons. The van der Waals surface area contributed by atoms with Crippen LogP contribution in [0.1, 0.15) is 17.3 Å². The highest BCUT2D eigenvalue weighted by atomic mass is 16.5. The predicted molar refractivity (Wildman–Crippen MR) is 73.6 cm³/mol. The third kappa shape index (κ3) is 3.55. The summed E-state index contributed by atoms with van der Waals surface area (Å²) in [5, 5.41) is 5.81. The van der Waals surface area contributed by atoms with Gasteiger partial charge < -0.3 is 20.1 Å². The average molecular weight is 278 g/mol. The molecular weight excluding hydrogens is 260 g/mol. The number of hydrogen-bond acceptors (Lipinski definition) is 5. The monoisotopic (exact) mass is 278 g/mol. The molecule has 1 aliphatic rings. The van der Waals surface area contributed by atoms with Crippen molar-refractivity contribution in [2.24, 2.45) is 0 Å². The molecular formula is C14H18N2O4. The fourth-order valence-electron chi connectivity index (χ4n) is 1.82. The zero-order valence-electron chi connectivity index (χ0n) is 11.6. The van der Waals surface area contributed by atoms with Crippen LogP contribution in [0.4, 0.5) is 5.69 Å². The zero-order chi connectivity index (χ0) is 14.6. The number of esters is 1. The lowest BCUT2D eigenvalue weighted by atomic mass is 10.0. The van der Waals surface area contributed by atoms with Crippen molar-refractivity contribution in [3.05, 3.63) is 29.8 Å². The summed E-state index contributed by atoms with van der Waals surface area (Å²) in [4.78, 5) is 23.0. The lowest BCUT2D eigenvalue weighted by molar-refractivity contribution is -0.130. The molecule has 2 N–H and O–H groups in total. The summed E-state index contributed by atoms with van der Waals surface area (Å²) >= 11 is 0. The van der Waals surface area contributed by atoms with Crippen LogP contribution < -0.4 is 10.6 Å². The SMILES string of the molecule is COC(=O)c1ccc(NC(=O)COC2(C)CNC2)cc1. The molecule has 0 saturated carbocycles. The van der Waals surface area contributed by atoms with Gasteiger partial charge in [0, 0.05) is 18.8 Å². The van der Waals surface area contributed by atoms with Crippen molar-refractivity contribution in [2.45, 2.75) is 12.5 Å². The molecule has 1 aromatic rings. The Morgan fingerprint density at radius 2 is 1.95 bits per heavy atom.